The molecule has 3 heteroatoms. The zero-order valence-electron chi connectivity index (χ0n) is 7.77. The molecule has 1 aromatic rings. The molecule has 1 aromatic carbocycles. The van der Waals surface area contributed by atoms with E-state index in [2.05, 4.69) is 41.2 Å². The molecule has 72 valence electrons. The highest BCUT2D eigenvalue weighted by Gasteiger charge is 1.99. The Hall–Kier alpha value is -0.0500. The maximum absolute atomic E-state index is 5.95. The Balaban J connectivity index is 2.63. The van der Waals surface area contributed by atoms with Crippen molar-refractivity contribution in [2.24, 2.45) is 0 Å². The molecule has 13 heavy (non-hydrogen) atoms. The maximum Gasteiger partial charge on any atom is 0.0551 e. The van der Waals surface area contributed by atoms with Crippen LogP contribution in [0.1, 0.15) is 19.4 Å². The van der Waals surface area contributed by atoms with E-state index < -0.39 is 0 Å². The zero-order chi connectivity index (χ0) is 9.84. The summed E-state index contributed by atoms with van der Waals surface area (Å²) in [7, 11) is 0. The Labute approximate surface area is 92.6 Å². The minimum Gasteiger partial charge on any atom is -0.310 e. The molecule has 0 radical (unpaired) electrons. The van der Waals surface area contributed by atoms with Gasteiger partial charge in [-0.3, -0.25) is 0 Å². The van der Waals surface area contributed by atoms with Crippen molar-refractivity contribution in [3.63, 3.8) is 0 Å². The number of nitrogens with one attached hydrogen (secondary N) is 1. The predicted octanol–water partition coefficient (Wildman–Crippen LogP) is 3.60. The fourth-order valence-corrected chi connectivity index (χ4v) is 1.42. The van der Waals surface area contributed by atoms with Crippen LogP contribution in [-0.4, -0.2) is 6.04 Å². The van der Waals surface area contributed by atoms with Crippen molar-refractivity contribution in [3.05, 3.63) is 33.3 Å². The summed E-state index contributed by atoms with van der Waals surface area (Å²) in [5, 5.41) is 4.10. The van der Waals surface area contributed by atoms with E-state index in [1.807, 2.05) is 12.1 Å². The molecule has 1 N–H and O–H groups in total. The number of halogens is 2. The lowest BCUT2D eigenvalue weighted by Crippen LogP contribution is -2.21. The molecule has 1 rings (SSSR count). The van der Waals surface area contributed by atoms with Gasteiger partial charge < -0.3 is 5.32 Å². The number of rotatable bonds is 3. The largest absolute Gasteiger partial charge is 0.310 e. The van der Waals surface area contributed by atoms with Crippen LogP contribution >= 0.6 is 27.5 Å². The van der Waals surface area contributed by atoms with Crippen LogP contribution in [0.4, 0.5) is 0 Å². The van der Waals surface area contributed by atoms with Gasteiger partial charge >= 0.3 is 0 Å². The standard InChI is InChI=1S/C10H13BrClN/c1-7(2)13-6-8-3-4-9(11)10(12)5-8/h3-5,7,13H,6H2,1-2H3. The molecule has 0 saturated carbocycles. The SMILES string of the molecule is CC(C)NCc1ccc(Br)c(Cl)c1. The first-order valence-corrected chi connectivity index (χ1v) is 5.44. The molecule has 0 heterocycles. The van der Waals surface area contributed by atoms with Gasteiger partial charge in [0.2, 0.25) is 0 Å². The van der Waals surface area contributed by atoms with Crippen molar-refractivity contribution < 1.29 is 0 Å². The Morgan fingerprint density at radius 3 is 2.69 bits per heavy atom. The quantitative estimate of drug-likeness (QED) is 0.878. The van der Waals surface area contributed by atoms with Gasteiger partial charge in [-0.1, -0.05) is 31.5 Å². The molecule has 0 saturated heterocycles. The van der Waals surface area contributed by atoms with Crippen molar-refractivity contribution in [2.75, 3.05) is 0 Å². The van der Waals surface area contributed by atoms with Gasteiger partial charge in [0.05, 0.1) is 5.02 Å². The van der Waals surface area contributed by atoms with E-state index in [1.54, 1.807) is 0 Å². The molecule has 0 unspecified atom stereocenters. The van der Waals surface area contributed by atoms with Gasteiger partial charge in [0.25, 0.3) is 0 Å². The summed E-state index contributed by atoms with van der Waals surface area (Å²) in [4.78, 5) is 0. The molecule has 0 amide bonds. The van der Waals surface area contributed by atoms with Crippen LogP contribution in [0.5, 0.6) is 0 Å². The number of hydrogen-bond acceptors (Lipinski definition) is 1. The van der Waals surface area contributed by atoms with E-state index in [0.717, 1.165) is 16.0 Å². The van der Waals surface area contributed by atoms with Gasteiger partial charge in [0.15, 0.2) is 0 Å². The average molecular weight is 263 g/mol. The third kappa shape index (κ3) is 3.67. The molecule has 0 aliphatic heterocycles. The lowest BCUT2D eigenvalue weighted by Gasteiger charge is -2.08. The van der Waals surface area contributed by atoms with Gasteiger partial charge in [-0.15, -0.1) is 0 Å². The molecule has 0 aliphatic carbocycles. The first-order valence-electron chi connectivity index (χ1n) is 4.27. The normalized spacial score (nSPS) is 10.8. The lowest BCUT2D eigenvalue weighted by molar-refractivity contribution is 0.589. The van der Waals surface area contributed by atoms with Gasteiger partial charge in [0.1, 0.15) is 0 Å². The third-order valence-electron chi connectivity index (χ3n) is 1.70. The van der Waals surface area contributed by atoms with Crippen LogP contribution in [0.2, 0.25) is 5.02 Å². The van der Waals surface area contributed by atoms with Crippen molar-refractivity contribution >= 4 is 27.5 Å². The Morgan fingerprint density at radius 2 is 2.15 bits per heavy atom. The van der Waals surface area contributed by atoms with Crippen molar-refractivity contribution in [2.45, 2.75) is 26.4 Å². The van der Waals surface area contributed by atoms with E-state index in [4.69, 9.17) is 11.6 Å². The summed E-state index contributed by atoms with van der Waals surface area (Å²) in [5.74, 6) is 0. The fraction of sp³-hybridized carbons (Fsp3) is 0.400. The van der Waals surface area contributed by atoms with Crippen LogP contribution in [0.15, 0.2) is 22.7 Å². The highest BCUT2D eigenvalue weighted by atomic mass is 79.9. The molecule has 0 atom stereocenters. The number of benzene rings is 1. The second kappa shape index (κ2) is 4.99. The van der Waals surface area contributed by atoms with E-state index in [1.165, 1.54) is 5.56 Å². The zero-order valence-corrected chi connectivity index (χ0v) is 10.1. The summed E-state index contributed by atoms with van der Waals surface area (Å²) in [6.07, 6.45) is 0. The third-order valence-corrected chi connectivity index (χ3v) is 2.93. The molecule has 0 spiro atoms. The van der Waals surface area contributed by atoms with Crippen LogP contribution in [0, 0.1) is 0 Å². The van der Waals surface area contributed by atoms with E-state index in [-0.39, 0.29) is 0 Å². The molecular weight excluding hydrogens is 249 g/mol. The molecule has 0 aromatic heterocycles. The van der Waals surface area contributed by atoms with E-state index in [0.29, 0.717) is 6.04 Å². The van der Waals surface area contributed by atoms with Gasteiger partial charge in [-0.2, -0.15) is 0 Å². The first kappa shape index (κ1) is 11.0. The highest BCUT2D eigenvalue weighted by molar-refractivity contribution is 9.10. The first-order chi connectivity index (χ1) is 6.09. The Morgan fingerprint density at radius 1 is 1.46 bits per heavy atom. The highest BCUT2D eigenvalue weighted by Crippen LogP contribution is 2.22. The van der Waals surface area contributed by atoms with E-state index in [9.17, 15) is 0 Å². The second-order valence-corrected chi connectivity index (χ2v) is 4.55. The van der Waals surface area contributed by atoms with Crippen molar-refractivity contribution in [3.8, 4) is 0 Å². The monoisotopic (exact) mass is 261 g/mol. The predicted molar refractivity (Wildman–Crippen MR) is 61.1 cm³/mol. The molecule has 0 fully saturated rings. The van der Waals surface area contributed by atoms with Crippen LogP contribution in [0.3, 0.4) is 0 Å². The van der Waals surface area contributed by atoms with E-state index >= 15 is 0 Å². The average Bonchev–Trinajstić information content (AvgIpc) is 2.07. The smallest absolute Gasteiger partial charge is 0.0551 e. The minimum atomic E-state index is 0.502. The van der Waals surface area contributed by atoms with Gasteiger partial charge in [-0.25, -0.2) is 0 Å². The fourth-order valence-electron chi connectivity index (χ4n) is 0.972. The van der Waals surface area contributed by atoms with Gasteiger partial charge in [0, 0.05) is 17.1 Å². The summed E-state index contributed by atoms with van der Waals surface area (Å²) in [6.45, 7) is 5.12. The van der Waals surface area contributed by atoms with Crippen molar-refractivity contribution in [1.29, 1.82) is 0 Å². The lowest BCUT2D eigenvalue weighted by atomic mass is 10.2. The van der Waals surface area contributed by atoms with Crippen LogP contribution in [0.25, 0.3) is 0 Å². The maximum atomic E-state index is 5.95. The van der Waals surface area contributed by atoms with Crippen LogP contribution in [-0.2, 0) is 6.54 Å². The number of hydrogen-bond donors (Lipinski definition) is 1. The molecule has 1 nitrogen and oxygen atoms in total. The minimum absolute atomic E-state index is 0.502. The van der Waals surface area contributed by atoms with Crippen LogP contribution < -0.4 is 5.32 Å². The van der Waals surface area contributed by atoms with Crippen molar-refractivity contribution in [1.82, 2.24) is 5.32 Å². The van der Waals surface area contributed by atoms with Gasteiger partial charge in [-0.05, 0) is 33.6 Å². The Kier molecular flexibility index (Phi) is 4.23. The summed E-state index contributed by atoms with van der Waals surface area (Å²) in [5.41, 5.74) is 1.21. The topological polar surface area (TPSA) is 12.0 Å². The Bertz CT molecular complexity index is 286. The molecule has 0 aliphatic rings. The summed E-state index contributed by atoms with van der Waals surface area (Å²) >= 11 is 9.31. The summed E-state index contributed by atoms with van der Waals surface area (Å²) in [6, 6.07) is 6.51. The molecule has 0 bridgehead atoms. The second-order valence-electron chi connectivity index (χ2n) is 3.28. The summed E-state index contributed by atoms with van der Waals surface area (Å²) < 4.78 is 0.947. The molecular formula is C10H13BrClN.